The van der Waals surface area contributed by atoms with Crippen molar-refractivity contribution < 1.29 is 14.3 Å². The lowest BCUT2D eigenvalue weighted by Crippen LogP contribution is -2.48. The second-order valence-corrected chi connectivity index (χ2v) is 4.41. The molecule has 1 aliphatic heterocycles. The minimum atomic E-state index is -0.997. The molecule has 0 bridgehead atoms. The quantitative estimate of drug-likeness (QED) is 0.810. The van der Waals surface area contributed by atoms with Gasteiger partial charge in [-0.2, -0.15) is 0 Å². The van der Waals surface area contributed by atoms with Gasteiger partial charge in [0.2, 0.25) is 5.91 Å². The number of likely N-dealkylation sites (tertiary alicyclic amines) is 1. The highest BCUT2D eigenvalue weighted by Crippen LogP contribution is 2.19. The Morgan fingerprint density at radius 1 is 1.41 bits per heavy atom. The topological polar surface area (TPSA) is 79.7 Å². The molecule has 1 fully saturated rings. The zero-order chi connectivity index (χ0) is 12.3. The van der Waals surface area contributed by atoms with Crippen LogP contribution in [0.4, 0.5) is 0 Å². The van der Waals surface area contributed by atoms with E-state index in [9.17, 15) is 9.90 Å². The second kappa shape index (κ2) is 5.33. The van der Waals surface area contributed by atoms with E-state index in [1.807, 2.05) is 0 Å². The zero-order valence-corrected chi connectivity index (χ0v) is 9.71. The smallest absolute Gasteiger partial charge is 0.242 e. The summed E-state index contributed by atoms with van der Waals surface area (Å²) in [5, 5.41) is 9.95. The Kier molecular flexibility index (Phi) is 3.81. The fraction of sp³-hybridized carbons (Fsp3) is 0.583. The molecule has 1 aliphatic rings. The second-order valence-electron chi connectivity index (χ2n) is 4.41. The first-order chi connectivity index (χ1) is 8.20. The van der Waals surface area contributed by atoms with Crippen LogP contribution in [0.1, 0.15) is 30.9 Å². The Bertz CT molecular complexity index is 358. The molecule has 0 aliphatic carbocycles. The van der Waals surface area contributed by atoms with Crippen molar-refractivity contribution in [1.29, 1.82) is 0 Å². The Morgan fingerprint density at radius 3 is 2.71 bits per heavy atom. The zero-order valence-electron chi connectivity index (χ0n) is 9.71. The van der Waals surface area contributed by atoms with Crippen molar-refractivity contribution in [2.75, 3.05) is 13.1 Å². The molecule has 0 saturated carbocycles. The number of hydrogen-bond acceptors (Lipinski definition) is 4. The number of carbonyl (C=O) groups is 1. The van der Waals surface area contributed by atoms with Crippen LogP contribution in [0.25, 0.3) is 0 Å². The number of aliphatic hydroxyl groups excluding tert-OH is 1. The van der Waals surface area contributed by atoms with E-state index in [1.165, 1.54) is 12.5 Å². The monoisotopic (exact) mass is 238 g/mol. The summed E-state index contributed by atoms with van der Waals surface area (Å²) in [5.74, 6) is -0.182. The summed E-state index contributed by atoms with van der Waals surface area (Å²) in [5.41, 5.74) is 6.34. The van der Waals surface area contributed by atoms with Gasteiger partial charge in [0.05, 0.1) is 12.5 Å². The molecule has 2 heterocycles. The minimum Gasteiger partial charge on any atom is -0.472 e. The van der Waals surface area contributed by atoms with Crippen LogP contribution in [0, 0.1) is 0 Å². The van der Waals surface area contributed by atoms with E-state index in [2.05, 4.69) is 0 Å². The van der Waals surface area contributed by atoms with Crippen LogP contribution in [-0.4, -0.2) is 35.0 Å². The Hall–Kier alpha value is -1.33. The van der Waals surface area contributed by atoms with E-state index in [-0.39, 0.29) is 5.91 Å². The number of rotatable bonds is 3. The third-order valence-electron chi connectivity index (χ3n) is 3.18. The van der Waals surface area contributed by atoms with E-state index < -0.39 is 12.1 Å². The third kappa shape index (κ3) is 2.68. The summed E-state index contributed by atoms with van der Waals surface area (Å²) in [7, 11) is 0. The van der Waals surface area contributed by atoms with Crippen molar-refractivity contribution in [3.8, 4) is 0 Å². The highest BCUT2D eigenvalue weighted by Gasteiger charge is 2.29. The number of nitrogens with two attached hydrogens (primary N) is 1. The van der Waals surface area contributed by atoms with Crippen molar-refractivity contribution in [1.82, 2.24) is 4.90 Å². The maximum atomic E-state index is 12.0. The van der Waals surface area contributed by atoms with Crippen LogP contribution in [0.3, 0.4) is 0 Å². The van der Waals surface area contributed by atoms with Crippen LogP contribution in [0.15, 0.2) is 23.0 Å². The summed E-state index contributed by atoms with van der Waals surface area (Å²) >= 11 is 0. The normalized spacial score (nSPS) is 20.0. The molecule has 0 radical (unpaired) electrons. The van der Waals surface area contributed by atoms with Gasteiger partial charge in [-0.15, -0.1) is 0 Å². The molecule has 1 aromatic heterocycles. The number of furan rings is 1. The van der Waals surface area contributed by atoms with Crippen molar-refractivity contribution in [3.05, 3.63) is 24.2 Å². The van der Waals surface area contributed by atoms with Crippen LogP contribution in [0.2, 0.25) is 0 Å². The maximum Gasteiger partial charge on any atom is 0.242 e. The first-order valence-electron chi connectivity index (χ1n) is 5.94. The molecule has 1 amide bonds. The molecule has 2 atom stereocenters. The molecule has 94 valence electrons. The Balaban J connectivity index is 1.98. The van der Waals surface area contributed by atoms with E-state index in [0.29, 0.717) is 5.56 Å². The molecule has 2 unspecified atom stereocenters. The van der Waals surface area contributed by atoms with Crippen LogP contribution < -0.4 is 5.73 Å². The van der Waals surface area contributed by atoms with E-state index >= 15 is 0 Å². The first-order valence-corrected chi connectivity index (χ1v) is 5.94. The lowest BCUT2D eigenvalue weighted by molar-refractivity contribution is -0.136. The van der Waals surface area contributed by atoms with Gasteiger partial charge in [0.15, 0.2) is 0 Å². The number of piperidine rings is 1. The fourth-order valence-corrected chi connectivity index (χ4v) is 2.11. The van der Waals surface area contributed by atoms with Crippen molar-refractivity contribution in [2.24, 2.45) is 5.73 Å². The average Bonchev–Trinajstić information content (AvgIpc) is 2.91. The Morgan fingerprint density at radius 2 is 2.12 bits per heavy atom. The van der Waals surface area contributed by atoms with Gasteiger partial charge < -0.3 is 20.2 Å². The summed E-state index contributed by atoms with van der Waals surface area (Å²) in [6, 6.07) is 0.708. The first kappa shape index (κ1) is 12.1. The molecule has 2 rings (SSSR count). The van der Waals surface area contributed by atoms with Gasteiger partial charge in [0, 0.05) is 18.7 Å². The van der Waals surface area contributed by atoms with Gasteiger partial charge in [0.25, 0.3) is 0 Å². The summed E-state index contributed by atoms with van der Waals surface area (Å²) in [6.07, 6.45) is 5.05. The summed E-state index contributed by atoms with van der Waals surface area (Å²) in [6.45, 7) is 1.48. The number of amides is 1. The van der Waals surface area contributed by atoms with Gasteiger partial charge in [-0.25, -0.2) is 0 Å². The number of carbonyl (C=O) groups excluding carboxylic acids is 1. The largest absolute Gasteiger partial charge is 0.472 e. The van der Waals surface area contributed by atoms with Crippen molar-refractivity contribution in [2.45, 2.75) is 31.4 Å². The van der Waals surface area contributed by atoms with Crippen molar-refractivity contribution >= 4 is 5.91 Å². The minimum absolute atomic E-state index is 0.182. The summed E-state index contributed by atoms with van der Waals surface area (Å²) in [4.78, 5) is 13.8. The average molecular weight is 238 g/mol. The van der Waals surface area contributed by atoms with E-state index in [4.69, 9.17) is 10.2 Å². The van der Waals surface area contributed by atoms with Crippen LogP contribution in [-0.2, 0) is 4.79 Å². The molecule has 5 nitrogen and oxygen atoms in total. The highest BCUT2D eigenvalue weighted by atomic mass is 16.3. The molecule has 5 heteroatoms. The SMILES string of the molecule is NC(C(=O)N1CCCCC1)C(O)c1ccoc1. The van der Waals surface area contributed by atoms with Crippen molar-refractivity contribution in [3.63, 3.8) is 0 Å². The molecular weight excluding hydrogens is 220 g/mol. The molecular formula is C12H18N2O3. The predicted octanol–water partition coefficient (Wildman–Crippen LogP) is 0.653. The van der Waals surface area contributed by atoms with E-state index in [0.717, 1.165) is 32.4 Å². The molecule has 0 spiro atoms. The lowest BCUT2D eigenvalue weighted by Gasteiger charge is -2.30. The molecule has 3 N–H and O–H groups in total. The molecule has 1 saturated heterocycles. The molecule has 1 aromatic rings. The van der Waals surface area contributed by atoms with Crippen LogP contribution in [0.5, 0.6) is 0 Å². The standard InChI is InChI=1S/C12H18N2O3/c13-10(11(15)9-4-7-17-8-9)12(16)14-5-2-1-3-6-14/h4,7-8,10-11,15H,1-3,5-6,13H2. The number of aliphatic hydroxyl groups is 1. The number of hydrogen-bond donors (Lipinski definition) is 2. The predicted molar refractivity (Wildman–Crippen MR) is 62.1 cm³/mol. The van der Waals surface area contributed by atoms with Gasteiger partial charge in [-0.3, -0.25) is 4.79 Å². The van der Waals surface area contributed by atoms with Crippen LogP contribution >= 0.6 is 0 Å². The van der Waals surface area contributed by atoms with Gasteiger partial charge in [-0.1, -0.05) is 0 Å². The lowest BCUT2D eigenvalue weighted by atomic mass is 10.0. The fourth-order valence-electron chi connectivity index (χ4n) is 2.11. The van der Waals surface area contributed by atoms with Gasteiger partial charge in [-0.05, 0) is 25.3 Å². The maximum absolute atomic E-state index is 12.0. The Labute approximate surface area is 100 Å². The third-order valence-corrected chi connectivity index (χ3v) is 3.18. The van der Waals surface area contributed by atoms with Gasteiger partial charge >= 0.3 is 0 Å². The van der Waals surface area contributed by atoms with E-state index in [1.54, 1.807) is 11.0 Å². The molecule has 0 aromatic carbocycles. The molecule has 17 heavy (non-hydrogen) atoms. The highest BCUT2D eigenvalue weighted by molar-refractivity contribution is 5.82. The number of nitrogens with zero attached hydrogens (tertiary/aromatic N) is 1. The van der Waals surface area contributed by atoms with Gasteiger partial charge in [0.1, 0.15) is 12.1 Å². The summed E-state index contributed by atoms with van der Waals surface area (Å²) < 4.78 is 4.87.